The van der Waals surface area contributed by atoms with Crippen molar-refractivity contribution in [1.29, 1.82) is 0 Å². The van der Waals surface area contributed by atoms with E-state index in [9.17, 15) is 5.11 Å². The lowest BCUT2D eigenvalue weighted by molar-refractivity contribution is 0.279. The molecule has 1 N–H and O–H groups in total. The second-order valence-electron chi connectivity index (χ2n) is 3.60. The lowest BCUT2D eigenvalue weighted by Crippen LogP contribution is -1.94. The van der Waals surface area contributed by atoms with E-state index >= 15 is 0 Å². The standard InChI is InChI=1S/C11H12BrN3OS/c1-7-13-14-11(15(7)2)17-10-5-9(12)4-3-8(10)6-16/h3-5,16H,6H2,1-2H3. The first-order valence-corrected chi connectivity index (χ1v) is 6.66. The van der Waals surface area contributed by atoms with Crippen molar-refractivity contribution in [3.8, 4) is 0 Å². The number of aryl methyl sites for hydroxylation is 1. The number of aliphatic hydroxyl groups excluding tert-OH is 1. The van der Waals surface area contributed by atoms with Crippen molar-refractivity contribution in [2.24, 2.45) is 7.05 Å². The Bertz CT molecular complexity index is 542. The predicted molar refractivity (Wildman–Crippen MR) is 69.9 cm³/mol. The molecule has 0 bridgehead atoms. The molecular formula is C11H12BrN3OS. The van der Waals surface area contributed by atoms with Crippen LogP contribution < -0.4 is 0 Å². The van der Waals surface area contributed by atoms with E-state index in [1.54, 1.807) is 0 Å². The fraction of sp³-hybridized carbons (Fsp3) is 0.273. The number of rotatable bonds is 3. The molecule has 6 heteroatoms. The lowest BCUT2D eigenvalue weighted by Gasteiger charge is -2.07. The highest BCUT2D eigenvalue weighted by atomic mass is 79.9. The van der Waals surface area contributed by atoms with Crippen molar-refractivity contribution in [2.75, 3.05) is 0 Å². The Morgan fingerprint density at radius 1 is 1.41 bits per heavy atom. The molecule has 1 heterocycles. The Labute approximate surface area is 112 Å². The molecule has 0 radical (unpaired) electrons. The number of halogens is 1. The molecule has 4 nitrogen and oxygen atoms in total. The molecule has 1 aromatic heterocycles. The van der Waals surface area contributed by atoms with Gasteiger partial charge in [0.05, 0.1) is 6.61 Å². The molecule has 0 aliphatic rings. The zero-order chi connectivity index (χ0) is 12.4. The van der Waals surface area contributed by atoms with Gasteiger partial charge >= 0.3 is 0 Å². The summed E-state index contributed by atoms with van der Waals surface area (Å²) in [6.45, 7) is 1.93. The average molecular weight is 314 g/mol. The van der Waals surface area contributed by atoms with Gasteiger partial charge in [-0.05, 0) is 36.4 Å². The normalized spacial score (nSPS) is 10.8. The molecule has 0 fully saturated rings. The number of aliphatic hydroxyl groups is 1. The molecule has 0 aliphatic carbocycles. The minimum atomic E-state index is 0.0203. The first-order chi connectivity index (χ1) is 8.11. The number of hydrogen-bond donors (Lipinski definition) is 1. The van der Waals surface area contributed by atoms with Crippen LogP contribution in [-0.2, 0) is 13.7 Å². The molecule has 0 saturated carbocycles. The molecule has 0 aliphatic heterocycles. The van der Waals surface area contributed by atoms with Crippen LogP contribution in [0.25, 0.3) is 0 Å². The number of nitrogens with zero attached hydrogens (tertiary/aromatic N) is 3. The predicted octanol–water partition coefficient (Wildman–Crippen LogP) is 2.53. The zero-order valence-corrected chi connectivity index (χ0v) is 11.9. The first-order valence-electron chi connectivity index (χ1n) is 5.05. The highest BCUT2D eigenvalue weighted by Crippen LogP contribution is 2.31. The molecule has 0 atom stereocenters. The van der Waals surface area contributed by atoms with E-state index in [4.69, 9.17) is 0 Å². The number of aromatic nitrogens is 3. The van der Waals surface area contributed by atoms with Gasteiger partial charge in [0, 0.05) is 16.4 Å². The van der Waals surface area contributed by atoms with Crippen LogP contribution in [0.3, 0.4) is 0 Å². The van der Waals surface area contributed by atoms with E-state index in [-0.39, 0.29) is 6.61 Å². The third-order valence-electron chi connectivity index (χ3n) is 2.45. The fourth-order valence-corrected chi connectivity index (χ4v) is 2.84. The maximum Gasteiger partial charge on any atom is 0.195 e. The second-order valence-corrected chi connectivity index (χ2v) is 5.53. The molecule has 0 unspecified atom stereocenters. The molecule has 90 valence electrons. The van der Waals surface area contributed by atoms with Crippen molar-refractivity contribution in [3.63, 3.8) is 0 Å². The Kier molecular flexibility index (Phi) is 3.86. The van der Waals surface area contributed by atoms with Crippen LogP contribution in [0.4, 0.5) is 0 Å². The minimum Gasteiger partial charge on any atom is -0.392 e. The molecule has 0 spiro atoms. The van der Waals surface area contributed by atoms with Gasteiger partial charge < -0.3 is 9.67 Å². The van der Waals surface area contributed by atoms with Crippen LogP contribution in [0.1, 0.15) is 11.4 Å². The van der Waals surface area contributed by atoms with Crippen molar-refractivity contribution >= 4 is 27.7 Å². The summed E-state index contributed by atoms with van der Waals surface area (Å²) in [6, 6.07) is 5.79. The summed E-state index contributed by atoms with van der Waals surface area (Å²) in [5, 5.41) is 18.2. The summed E-state index contributed by atoms with van der Waals surface area (Å²) in [7, 11) is 1.92. The SMILES string of the molecule is Cc1nnc(Sc2cc(Br)ccc2CO)n1C. The summed E-state index contributed by atoms with van der Waals surface area (Å²) in [4.78, 5) is 0.984. The van der Waals surface area contributed by atoms with Gasteiger partial charge in [-0.25, -0.2) is 0 Å². The van der Waals surface area contributed by atoms with E-state index < -0.39 is 0 Å². The van der Waals surface area contributed by atoms with E-state index in [0.717, 1.165) is 25.9 Å². The average Bonchev–Trinajstić information content (AvgIpc) is 2.61. The zero-order valence-electron chi connectivity index (χ0n) is 9.51. The summed E-state index contributed by atoms with van der Waals surface area (Å²) < 4.78 is 2.91. The van der Waals surface area contributed by atoms with E-state index in [1.807, 2.05) is 36.7 Å². The minimum absolute atomic E-state index is 0.0203. The fourth-order valence-electron chi connectivity index (χ4n) is 1.33. The Balaban J connectivity index is 2.35. The van der Waals surface area contributed by atoms with Crippen LogP contribution in [0.15, 0.2) is 32.7 Å². The molecule has 17 heavy (non-hydrogen) atoms. The highest BCUT2D eigenvalue weighted by molar-refractivity contribution is 9.10. The molecule has 0 saturated heterocycles. The molecule has 1 aromatic carbocycles. The third-order valence-corrected chi connectivity index (χ3v) is 4.08. The van der Waals surface area contributed by atoms with Crippen LogP contribution in [0.2, 0.25) is 0 Å². The van der Waals surface area contributed by atoms with E-state index in [0.29, 0.717) is 0 Å². The van der Waals surface area contributed by atoms with Crippen LogP contribution in [0.5, 0.6) is 0 Å². The van der Waals surface area contributed by atoms with Gasteiger partial charge in [-0.1, -0.05) is 22.0 Å². The van der Waals surface area contributed by atoms with Gasteiger partial charge in [0.2, 0.25) is 0 Å². The monoisotopic (exact) mass is 313 g/mol. The van der Waals surface area contributed by atoms with Gasteiger partial charge in [0.15, 0.2) is 5.16 Å². The van der Waals surface area contributed by atoms with Crippen molar-refractivity contribution in [3.05, 3.63) is 34.1 Å². The van der Waals surface area contributed by atoms with E-state index in [1.165, 1.54) is 11.8 Å². The smallest absolute Gasteiger partial charge is 0.195 e. The largest absolute Gasteiger partial charge is 0.392 e. The van der Waals surface area contributed by atoms with Gasteiger partial charge in [0.1, 0.15) is 5.82 Å². The highest BCUT2D eigenvalue weighted by Gasteiger charge is 2.10. The number of benzene rings is 1. The van der Waals surface area contributed by atoms with Gasteiger partial charge in [0.25, 0.3) is 0 Å². The molecule has 0 amide bonds. The van der Waals surface area contributed by atoms with Crippen molar-refractivity contribution < 1.29 is 5.11 Å². The lowest BCUT2D eigenvalue weighted by atomic mass is 10.2. The van der Waals surface area contributed by atoms with Gasteiger partial charge in [-0.3, -0.25) is 0 Å². The summed E-state index contributed by atoms with van der Waals surface area (Å²) in [5.74, 6) is 0.869. The summed E-state index contributed by atoms with van der Waals surface area (Å²) in [6.07, 6.45) is 0. The van der Waals surface area contributed by atoms with Crippen LogP contribution >= 0.6 is 27.7 Å². The van der Waals surface area contributed by atoms with Crippen LogP contribution in [-0.4, -0.2) is 19.9 Å². The maximum atomic E-state index is 9.29. The van der Waals surface area contributed by atoms with Crippen molar-refractivity contribution in [1.82, 2.24) is 14.8 Å². The second kappa shape index (κ2) is 5.20. The maximum absolute atomic E-state index is 9.29. The molecule has 2 rings (SSSR count). The van der Waals surface area contributed by atoms with E-state index in [2.05, 4.69) is 26.1 Å². The molecular weight excluding hydrogens is 302 g/mol. The Morgan fingerprint density at radius 2 is 2.18 bits per heavy atom. The topological polar surface area (TPSA) is 50.9 Å². The Morgan fingerprint density at radius 3 is 2.76 bits per heavy atom. The van der Waals surface area contributed by atoms with Gasteiger partial charge in [-0.15, -0.1) is 10.2 Å². The quantitative estimate of drug-likeness (QED) is 0.946. The summed E-state index contributed by atoms with van der Waals surface area (Å²) >= 11 is 4.92. The van der Waals surface area contributed by atoms with Crippen LogP contribution in [0, 0.1) is 6.92 Å². The number of hydrogen-bond acceptors (Lipinski definition) is 4. The molecule has 2 aromatic rings. The van der Waals surface area contributed by atoms with Gasteiger partial charge in [-0.2, -0.15) is 0 Å². The Hall–Kier alpha value is -0.850. The third kappa shape index (κ3) is 2.70. The van der Waals surface area contributed by atoms with Crippen molar-refractivity contribution in [2.45, 2.75) is 23.6 Å². The first kappa shape index (κ1) is 12.6. The summed E-state index contributed by atoms with van der Waals surface area (Å²) in [5.41, 5.74) is 0.888.